The zero-order valence-electron chi connectivity index (χ0n) is 19.4. The van der Waals surface area contributed by atoms with Gasteiger partial charge in [0.1, 0.15) is 5.82 Å². The van der Waals surface area contributed by atoms with E-state index in [0.29, 0.717) is 36.5 Å². The number of fused-ring (bicyclic) bond motifs is 2. The van der Waals surface area contributed by atoms with Gasteiger partial charge in [-0.25, -0.2) is 4.98 Å². The number of amides is 1. The van der Waals surface area contributed by atoms with Gasteiger partial charge in [-0.3, -0.25) is 9.59 Å². The largest absolute Gasteiger partial charge is 0.338 e. The number of aromatic nitrogens is 2. The van der Waals surface area contributed by atoms with Gasteiger partial charge in [0.2, 0.25) is 5.91 Å². The Morgan fingerprint density at radius 3 is 2.66 bits per heavy atom. The molecule has 1 saturated carbocycles. The molecule has 0 spiro atoms. The summed E-state index contributed by atoms with van der Waals surface area (Å²) in [6.07, 6.45) is 3.67. The van der Waals surface area contributed by atoms with Gasteiger partial charge in [0.05, 0.1) is 29.6 Å². The van der Waals surface area contributed by atoms with Crippen molar-refractivity contribution in [3.05, 3.63) is 110 Å². The van der Waals surface area contributed by atoms with Crippen LogP contribution < -0.4 is 5.56 Å². The van der Waals surface area contributed by atoms with Gasteiger partial charge in [-0.15, -0.1) is 0 Å². The highest BCUT2D eigenvalue weighted by molar-refractivity contribution is 6.30. The predicted octanol–water partition coefficient (Wildman–Crippen LogP) is 5.17. The summed E-state index contributed by atoms with van der Waals surface area (Å²) >= 11 is 6.24. The molecule has 0 bridgehead atoms. The van der Waals surface area contributed by atoms with Crippen LogP contribution in [0.25, 0.3) is 10.8 Å². The highest BCUT2D eigenvalue weighted by Crippen LogP contribution is 2.52. The summed E-state index contributed by atoms with van der Waals surface area (Å²) in [5.74, 6) is 0.758. The zero-order chi connectivity index (χ0) is 24.0. The molecule has 1 N–H and O–H groups in total. The molecule has 0 unspecified atom stereocenters. The molecule has 4 aromatic rings. The summed E-state index contributed by atoms with van der Waals surface area (Å²) in [5, 5.41) is 2.97. The lowest BCUT2D eigenvalue weighted by Crippen LogP contribution is -2.34. The molecule has 176 valence electrons. The number of halogens is 1. The maximum Gasteiger partial charge on any atom is 0.256 e. The van der Waals surface area contributed by atoms with Gasteiger partial charge < -0.3 is 9.88 Å². The second kappa shape index (κ2) is 8.65. The molecular weight excluding hydrogens is 458 g/mol. The number of nitrogens with zero attached hydrogens (tertiary/aromatic N) is 2. The van der Waals surface area contributed by atoms with E-state index in [4.69, 9.17) is 16.6 Å². The third-order valence-electron chi connectivity index (χ3n) is 7.39. The van der Waals surface area contributed by atoms with Crippen LogP contribution in [0.1, 0.15) is 47.5 Å². The van der Waals surface area contributed by atoms with Crippen LogP contribution in [0.4, 0.5) is 0 Å². The molecule has 1 aliphatic heterocycles. The third-order valence-corrected chi connectivity index (χ3v) is 7.63. The van der Waals surface area contributed by atoms with E-state index in [2.05, 4.69) is 35.3 Å². The van der Waals surface area contributed by atoms with Crippen LogP contribution in [0.3, 0.4) is 0 Å². The smallest absolute Gasteiger partial charge is 0.256 e. The van der Waals surface area contributed by atoms with Gasteiger partial charge >= 0.3 is 0 Å². The molecule has 1 fully saturated rings. The van der Waals surface area contributed by atoms with E-state index >= 15 is 0 Å². The van der Waals surface area contributed by atoms with Gasteiger partial charge in [0.25, 0.3) is 5.56 Å². The molecule has 1 amide bonds. The third kappa shape index (κ3) is 4.14. The standard InChI is InChI=1S/C29H26ClN3O2/c30-23-8-3-7-22(17-23)29(12-13-29)28-31-25-9-4-14-33(18-24(25)27(35)32-28)26(34)16-19-10-11-20-5-1-2-6-21(20)15-19/h1-3,5-8,10-11,15,17H,4,9,12-14,16,18H2,(H,31,32,35). The Balaban J connectivity index is 1.25. The van der Waals surface area contributed by atoms with E-state index in [9.17, 15) is 9.59 Å². The fourth-order valence-corrected chi connectivity index (χ4v) is 5.46. The molecule has 3 aromatic carbocycles. The molecule has 6 rings (SSSR count). The van der Waals surface area contributed by atoms with Crippen molar-refractivity contribution in [1.82, 2.24) is 14.9 Å². The molecule has 2 heterocycles. The van der Waals surface area contributed by atoms with E-state index in [1.54, 1.807) is 0 Å². The SMILES string of the molecule is O=C(Cc1ccc2ccccc2c1)N1CCCc2nc(C3(c4cccc(Cl)c4)CC3)[nH]c(=O)c2C1. The van der Waals surface area contributed by atoms with E-state index in [1.807, 2.05) is 41.3 Å². The maximum atomic E-state index is 13.2. The summed E-state index contributed by atoms with van der Waals surface area (Å²) in [4.78, 5) is 36.3. The minimum absolute atomic E-state index is 0.0363. The van der Waals surface area contributed by atoms with Gasteiger partial charge in [0, 0.05) is 11.6 Å². The number of H-pyrrole nitrogens is 1. The van der Waals surface area contributed by atoms with Crippen molar-refractivity contribution in [2.24, 2.45) is 0 Å². The van der Waals surface area contributed by atoms with Crippen molar-refractivity contribution in [2.45, 2.75) is 44.1 Å². The van der Waals surface area contributed by atoms with Crippen LogP contribution in [-0.4, -0.2) is 27.3 Å². The van der Waals surface area contributed by atoms with E-state index in [0.717, 1.165) is 52.7 Å². The summed E-state index contributed by atoms with van der Waals surface area (Å²) in [5.41, 5.74) is 3.10. The first-order valence-corrected chi connectivity index (χ1v) is 12.5. The van der Waals surface area contributed by atoms with E-state index < -0.39 is 0 Å². The number of aryl methyl sites for hydroxylation is 1. The number of carbonyl (C=O) groups is 1. The van der Waals surface area contributed by atoms with Crippen LogP contribution in [-0.2, 0) is 29.6 Å². The Bertz CT molecular complexity index is 1510. The highest BCUT2D eigenvalue weighted by Gasteiger charge is 2.48. The van der Waals surface area contributed by atoms with Gasteiger partial charge in [-0.2, -0.15) is 0 Å². The summed E-state index contributed by atoms with van der Waals surface area (Å²) in [6, 6.07) is 22.1. The molecular formula is C29H26ClN3O2. The molecule has 1 aliphatic carbocycles. The average molecular weight is 484 g/mol. The van der Waals surface area contributed by atoms with Crippen LogP contribution in [0, 0.1) is 0 Å². The Kier molecular flexibility index (Phi) is 5.45. The normalized spacial score (nSPS) is 16.5. The number of carbonyl (C=O) groups excluding carboxylic acids is 1. The summed E-state index contributed by atoms with van der Waals surface area (Å²) in [7, 11) is 0. The quantitative estimate of drug-likeness (QED) is 0.435. The van der Waals surface area contributed by atoms with Gasteiger partial charge in [0.15, 0.2) is 0 Å². The van der Waals surface area contributed by atoms with Crippen LogP contribution >= 0.6 is 11.6 Å². The molecule has 0 atom stereocenters. The molecule has 6 heteroatoms. The Morgan fingerprint density at radius 2 is 1.86 bits per heavy atom. The van der Waals surface area contributed by atoms with Crippen molar-refractivity contribution in [3.8, 4) is 0 Å². The second-order valence-electron chi connectivity index (χ2n) is 9.71. The Hall–Kier alpha value is -3.44. The number of benzene rings is 3. The maximum absolute atomic E-state index is 13.2. The summed E-state index contributed by atoms with van der Waals surface area (Å²) in [6.45, 7) is 0.922. The van der Waals surface area contributed by atoms with E-state index in [-0.39, 0.29) is 16.9 Å². The fraction of sp³-hybridized carbons (Fsp3) is 0.276. The fourth-order valence-electron chi connectivity index (χ4n) is 5.27. The van der Waals surface area contributed by atoms with Crippen molar-refractivity contribution >= 4 is 28.3 Å². The Labute approximate surface area is 208 Å². The zero-order valence-corrected chi connectivity index (χ0v) is 20.1. The topological polar surface area (TPSA) is 66.1 Å². The lowest BCUT2D eigenvalue weighted by atomic mass is 9.94. The first-order chi connectivity index (χ1) is 17.0. The molecule has 5 nitrogen and oxygen atoms in total. The van der Waals surface area contributed by atoms with Crippen LogP contribution in [0.5, 0.6) is 0 Å². The van der Waals surface area contributed by atoms with Gasteiger partial charge in [-0.1, -0.05) is 66.2 Å². The average Bonchev–Trinajstić information content (AvgIpc) is 3.68. The van der Waals surface area contributed by atoms with E-state index in [1.165, 1.54) is 0 Å². The van der Waals surface area contributed by atoms with Crippen LogP contribution in [0.2, 0.25) is 5.02 Å². The highest BCUT2D eigenvalue weighted by atomic mass is 35.5. The lowest BCUT2D eigenvalue weighted by molar-refractivity contribution is -0.131. The lowest BCUT2D eigenvalue weighted by Gasteiger charge is -2.21. The number of rotatable bonds is 4. The second-order valence-corrected chi connectivity index (χ2v) is 10.1. The molecule has 35 heavy (non-hydrogen) atoms. The number of hydrogen-bond donors (Lipinski definition) is 1. The predicted molar refractivity (Wildman–Crippen MR) is 138 cm³/mol. The monoisotopic (exact) mass is 483 g/mol. The number of nitrogens with one attached hydrogen (secondary N) is 1. The minimum atomic E-state index is -0.267. The minimum Gasteiger partial charge on any atom is -0.338 e. The molecule has 1 aromatic heterocycles. The number of aromatic amines is 1. The Morgan fingerprint density at radius 1 is 1.03 bits per heavy atom. The first kappa shape index (κ1) is 22.1. The molecule has 2 aliphatic rings. The van der Waals surface area contributed by atoms with Crippen molar-refractivity contribution in [1.29, 1.82) is 0 Å². The van der Waals surface area contributed by atoms with Gasteiger partial charge in [-0.05, 0) is 59.7 Å². The molecule has 0 radical (unpaired) electrons. The van der Waals surface area contributed by atoms with Crippen molar-refractivity contribution in [3.63, 3.8) is 0 Å². The molecule has 0 saturated heterocycles. The number of hydrogen-bond acceptors (Lipinski definition) is 3. The summed E-state index contributed by atoms with van der Waals surface area (Å²) < 4.78 is 0. The first-order valence-electron chi connectivity index (χ1n) is 12.2. The van der Waals surface area contributed by atoms with Crippen LogP contribution in [0.15, 0.2) is 71.5 Å². The van der Waals surface area contributed by atoms with Crippen molar-refractivity contribution in [2.75, 3.05) is 6.54 Å². The van der Waals surface area contributed by atoms with Crippen molar-refractivity contribution < 1.29 is 4.79 Å².